The quantitative estimate of drug-likeness (QED) is 0.542. The number of rotatable bonds is 5. The first kappa shape index (κ1) is 16.0. The average Bonchev–Trinajstić information content (AvgIpc) is 3.14. The summed E-state index contributed by atoms with van der Waals surface area (Å²) in [5.41, 5.74) is 1.12. The van der Waals surface area contributed by atoms with Gasteiger partial charge in [-0.2, -0.15) is 10.1 Å². The van der Waals surface area contributed by atoms with Crippen molar-refractivity contribution in [2.24, 2.45) is 0 Å². The molecule has 0 aliphatic rings. The molecule has 0 amide bonds. The zero-order chi connectivity index (χ0) is 17.9. The summed E-state index contributed by atoms with van der Waals surface area (Å²) >= 11 is 0. The van der Waals surface area contributed by atoms with Crippen molar-refractivity contribution >= 4 is 22.4 Å². The Balaban J connectivity index is 1.80. The lowest BCUT2D eigenvalue weighted by Gasteiger charge is -2.12. The van der Waals surface area contributed by atoms with Crippen molar-refractivity contribution in [2.75, 3.05) is 12.4 Å². The van der Waals surface area contributed by atoms with Gasteiger partial charge in [-0.25, -0.2) is 0 Å². The highest BCUT2D eigenvalue weighted by Gasteiger charge is 2.11. The van der Waals surface area contributed by atoms with Crippen LogP contribution in [0.4, 0.5) is 11.6 Å². The number of aromatic amines is 1. The van der Waals surface area contributed by atoms with Crippen molar-refractivity contribution in [2.45, 2.75) is 6.92 Å². The molecule has 0 fully saturated rings. The molecule has 0 saturated carbocycles. The normalized spacial score (nSPS) is 10.7. The van der Waals surface area contributed by atoms with Crippen LogP contribution >= 0.6 is 0 Å². The number of hydrogen-bond donors (Lipinski definition) is 2. The number of aryl methyl sites for hydroxylation is 1. The third kappa shape index (κ3) is 3.30. The summed E-state index contributed by atoms with van der Waals surface area (Å²) in [4.78, 5) is 4.63. The van der Waals surface area contributed by atoms with E-state index in [1.54, 1.807) is 13.3 Å². The van der Waals surface area contributed by atoms with Crippen LogP contribution in [-0.4, -0.2) is 22.3 Å². The number of nitrogens with one attached hydrogen (secondary N) is 2. The maximum absolute atomic E-state index is 6.09. The summed E-state index contributed by atoms with van der Waals surface area (Å²) in [5, 5.41) is 11.9. The minimum absolute atomic E-state index is 0.522. The van der Waals surface area contributed by atoms with Crippen molar-refractivity contribution in [1.82, 2.24) is 15.2 Å². The molecule has 6 heteroatoms. The highest BCUT2D eigenvalue weighted by atomic mass is 16.5. The van der Waals surface area contributed by atoms with Gasteiger partial charge in [0.2, 0.25) is 5.88 Å². The van der Waals surface area contributed by atoms with Crippen LogP contribution in [0.5, 0.6) is 17.4 Å². The monoisotopic (exact) mass is 346 g/mol. The number of ether oxygens (including phenoxy) is 2. The van der Waals surface area contributed by atoms with E-state index in [1.165, 1.54) is 0 Å². The highest BCUT2D eigenvalue weighted by Crippen LogP contribution is 2.33. The molecule has 6 nitrogen and oxygen atoms in total. The summed E-state index contributed by atoms with van der Waals surface area (Å²) in [6, 6.07) is 17.5. The Labute approximate surface area is 150 Å². The molecule has 0 aliphatic heterocycles. The minimum Gasteiger partial charge on any atom is -0.497 e. The van der Waals surface area contributed by atoms with Gasteiger partial charge in [0.1, 0.15) is 17.3 Å². The fraction of sp³-hybridized carbons (Fsp3) is 0.100. The first-order chi connectivity index (χ1) is 12.7. The van der Waals surface area contributed by atoms with E-state index in [4.69, 9.17) is 9.47 Å². The minimum atomic E-state index is 0.522. The van der Waals surface area contributed by atoms with Gasteiger partial charge in [-0.1, -0.05) is 12.1 Å². The maximum Gasteiger partial charge on any atom is 0.229 e. The summed E-state index contributed by atoms with van der Waals surface area (Å²) in [5.74, 6) is 3.36. The summed E-state index contributed by atoms with van der Waals surface area (Å²) < 4.78 is 11.4. The maximum atomic E-state index is 6.09. The third-order valence-electron chi connectivity index (χ3n) is 3.96. The van der Waals surface area contributed by atoms with Gasteiger partial charge in [0.15, 0.2) is 5.82 Å². The van der Waals surface area contributed by atoms with Gasteiger partial charge >= 0.3 is 0 Å². The number of benzene rings is 2. The van der Waals surface area contributed by atoms with Crippen LogP contribution in [0.3, 0.4) is 0 Å². The molecule has 0 atom stereocenters. The lowest BCUT2D eigenvalue weighted by Crippen LogP contribution is -1.98. The molecular formula is C20H18N4O2. The first-order valence-electron chi connectivity index (χ1n) is 8.21. The second kappa shape index (κ2) is 6.76. The van der Waals surface area contributed by atoms with Crippen LogP contribution in [0.1, 0.15) is 5.56 Å². The Hall–Kier alpha value is -3.54. The number of aromatic nitrogens is 3. The van der Waals surface area contributed by atoms with Crippen LogP contribution < -0.4 is 14.8 Å². The molecule has 0 aliphatic carbocycles. The number of H-pyrrole nitrogens is 1. The molecule has 0 radical (unpaired) electrons. The molecule has 2 heterocycles. The number of nitrogens with zero attached hydrogens (tertiary/aromatic N) is 2. The van der Waals surface area contributed by atoms with Gasteiger partial charge < -0.3 is 14.8 Å². The van der Waals surface area contributed by atoms with E-state index >= 15 is 0 Å². The zero-order valence-electron chi connectivity index (χ0n) is 14.5. The second-order valence-electron chi connectivity index (χ2n) is 5.90. The van der Waals surface area contributed by atoms with E-state index in [0.29, 0.717) is 17.5 Å². The van der Waals surface area contributed by atoms with E-state index in [2.05, 4.69) is 20.5 Å². The van der Waals surface area contributed by atoms with Crippen LogP contribution in [0, 0.1) is 6.92 Å². The van der Waals surface area contributed by atoms with E-state index < -0.39 is 0 Å². The van der Waals surface area contributed by atoms with Crippen molar-refractivity contribution < 1.29 is 9.47 Å². The largest absolute Gasteiger partial charge is 0.497 e. The molecule has 4 aromatic rings. The molecule has 4 rings (SSSR count). The molecule has 0 bridgehead atoms. The van der Waals surface area contributed by atoms with Gasteiger partial charge in [-0.05, 0) is 54.3 Å². The summed E-state index contributed by atoms with van der Waals surface area (Å²) in [6.07, 6.45) is 1.75. The number of anilines is 2. The molecule has 0 saturated heterocycles. The molecule has 0 unspecified atom stereocenters. The number of methoxy groups -OCH3 is 1. The summed E-state index contributed by atoms with van der Waals surface area (Å²) in [7, 11) is 1.65. The third-order valence-corrected chi connectivity index (χ3v) is 3.96. The van der Waals surface area contributed by atoms with Gasteiger partial charge in [0.25, 0.3) is 0 Å². The molecule has 130 valence electrons. The van der Waals surface area contributed by atoms with E-state index in [9.17, 15) is 0 Å². The van der Waals surface area contributed by atoms with Crippen LogP contribution in [0.25, 0.3) is 10.8 Å². The molecule has 2 aromatic heterocycles. The Kier molecular flexibility index (Phi) is 4.15. The van der Waals surface area contributed by atoms with Gasteiger partial charge in [0, 0.05) is 17.6 Å². The topological polar surface area (TPSA) is 72.1 Å². The fourth-order valence-corrected chi connectivity index (χ4v) is 2.72. The first-order valence-corrected chi connectivity index (χ1v) is 8.21. The molecule has 0 spiro atoms. The van der Waals surface area contributed by atoms with Crippen LogP contribution in [0.15, 0.2) is 60.8 Å². The Morgan fingerprint density at radius 3 is 2.65 bits per heavy atom. The summed E-state index contributed by atoms with van der Waals surface area (Å²) in [6.45, 7) is 2.03. The standard InChI is InChI=1S/C20H18N4O2/c1-13-4-3-5-16(10-13)26-20-17-7-6-15(25-2)11-14(17)12-19(23-20)22-18-8-9-21-24-18/h3-12H,1-2H3,(H2,21,22,23,24). The van der Waals surface area contributed by atoms with Crippen molar-refractivity contribution in [1.29, 1.82) is 0 Å². The Morgan fingerprint density at radius 1 is 0.962 bits per heavy atom. The molecule has 2 N–H and O–H groups in total. The van der Waals surface area contributed by atoms with E-state index in [1.807, 2.05) is 61.5 Å². The van der Waals surface area contributed by atoms with Crippen molar-refractivity contribution in [3.63, 3.8) is 0 Å². The molecule has 26 heavy (non-hydrogen) atoms. The van der Waals surface area contributed by atoms with E-state index in [0.717, 1.165) is 27.8 Å². The lowest BCUT2D eigenvalue weighted by molar-refractivity contribution is 0.415. The average molecular weight is 346 g/mol. The smallest absolute Gasteiger partial charge is 0.229 e. The predicted molar refractivity (Wildman–Crippen MR) is 101 cm³/mol. The number of hydrogen-bond acceptors (Lipinski definition) is 5. The Morgan fingerprint density at radius 2 is 1.88 bits per heavy atom. The molecular weight excluding hydrogens is 328 g/mol. The number of fused-ring (bicyclic) bond motifs is 1. The van der Waals surface area contributed by atoms with E-state index in [-0.39, 0.29) is 0 Å². The van der Waals surface area contributed by atoms with Gasteiger partial charge in [-0.15, -0.1) is 0 Å². The van der Waals surface area contributed by atoms with Crippen LogP contribution in [-0.2, 0) is 0 Å². The molecule has 2 aromatic carbocycles. The van der Waals surface area contributed by atoms with Crippen molar-refractivity contribution in [3.8, 4) is 17.4 Å². The zero-order valence-corrected chi connectivity index (χ0v) is 14.5. The van der Waals surface area contributed by atoms with Gasteiger partial charge in [-0.3, -0.25) is 5.10 Å². The predicted octanol–water partition coefficient (Wildman–Crippen LogP) is 4.81. The fourth-order valence-electron chi connectivity index (χ4n) is 2.72. The SMILES string of the molecule is COc1ccc2c(Oc3cccc(C)c3)nc(Nc3cc[nH]n3)cc2c1. The lowest BCUT2D eigenvalue weighted by atomic mass is 10.1. The second-order valence-corrected chi connectivity index (χ2v) is 5.90. The number of pyridine rings is 1. The van der Waals surface area contributed by atoms with Gasteiger partial charge in [0.05, 0.1) is 7.11 Å². The van der Waals surface area contributed by atoms with Crippen molar-refractivity contribution in [3.05, 3.63) is 66.4 Å². The highest BCUT2D eigenvalue weighted by molar-refractivity contribution is 5.90. The van der Waals surface area contributed by atoms with Crippen LogP contribution in [0.2, 0.25) is 0 Å². The Bertz CT molecular complexity index is 1050.